The van der Waals surface area contributed by atoms with Gasteiger partial charge in [0.2, 0.25) is 5.91 Å². The lowest BCUT2D eigenvalue weighted by Crippen LogP contribution is -2.37. The first-order valence-corrected chi connectivity index (χ1v) is 13.3. The molecule has 0 aliphatic rings. The van der Waals surface area contributed by atoms with E-state index in [0.29, 0.717) is 39.0 Å². The van der Waals surface area contributed by atoms with Gasteiger partial charge in [-0.3, -0.25) is 14.5 Å². The SMILES string of the molecule is CCCCCCCCCCCCCCCCCC(=O)NCCN(CCO)CCC(=O)OC. The molecule has 6 heteroatoms. The number of carbonyl (C=O) groups is 2. The van der Waals surface area contributed by atoms with Crippen molar-refractivity contribution in [3.05, 3.63) is 0 Å². The molecule has 0 aromatic heterocycles. The average molecular weight is 457 g/mol. The van der Waals surface area contributed by atoms with Crippen molar-refractivity contribution < 1.29 is 19.4 Å². The fraction of sp³-hybridized carbons (Fsp3) is 0.923. The number of unbranched alkanes of at least 4 members (excludes halogenated alkanes) is 14. The summed E-state index contributed by atoms with van der Waals surface area (Å²) in [6.45, 7) is 4.50. The molecule has 0 bridgehead atoms. The molecule has 0 aliphatic heterocycles. The Morgan fingerprint density at radius 2 is 1.22 bits per heavy atom. The highest BCUT2D eigenvalue weighted by Crippen LogP contribution is 2.13. The molecular formula is C26H52N2O4. The van der Waals surface area contributed by atoms with Crippen LogP contribution in [0.1, 0.15) is 116 Å². The smallest absolute Gasteiger partial charge is 0.306 e. The first kappa shape index (κ1) is 30.9. The maximum atomic E-state index is 12.0. The molecule has 0 aromatic rings. The second-order valence-electron chi connectivity index (χ2n) is 8.94. The molecule has 2 N–H and O–H groups in total. The maximum absolute atomic E-state index is 12.0. The average Bonchev–Trinajstić information content (AvgIpc) is 2.79. The minimum Gasteiger partial charge on any atom is -0.469 e. The van der Waals surface area contributed by atoms with Crippen molar-refractivity contribution >= 4 is 11.9 Å². The van der Waals surface area contributed by atoms with Crippen LogP contribution >= 0.6 is 0 Å². The van der Waals surface area contributed by atoms with E-state index in [2.05, 4.69) is 17.0 Å². The van der Waals surface area contributed by atoms with Crippen molar-refractivity contribution in [1.29, 1.82) is 0 Å². The second-order valence-corrected chi connectivity index (χ2v) is 8.94. The fourth-order valence-electron chi connectivity index (χ4n) is 3.93. The van der Waals surface area contributed by atoms with Gasteiger partial charge in [-0.1, -0.05) is 96.8 Å². The summed E-state index contributed by atoms with van der Waals surface area (Å²) in [5.74, 6) is -0.165. The molecule has 6 nitrogen and oxygen atoms in total. The molecule has 1 amide bonds. The Bertz CT molecular complexity index is 432. The zero-order valence-electron chi connectivity index (χ0n) is 21.2. The normalized spacial score (nSPS) is 11.1. The Hall–Kier alpha value is -1.14. The number of ether oxygens (including phenoxy) is 1. The Kier molecular flexibility index (Phi) is 23.6. The first-order chi connectivity index (χ1) is 15.6. The minimum atomic E-state index is -0.259. The van der Waals surface area contributed by atoms with E-state index in [9.17, 15) is 9.59 Å². The lowest BCUT2D eigenvalue weighted by Gasteiger charge is -2.20. The molecule has 0 saturated carbocycles. The van der Waals surface area contributed by atoms with Crippen molar-refractivity contribution in [2.24, 2.45) is 0 Å². The van der Waals surface area contributed by atoms with Gasteiger partial charge in [-0.2, -0.15) is 0 Å². The van der Waals surface area contributed by atoms with Crippen LogP contribution in [0.4, 0.5) is 0 Å². The Balaban J connectivity index is 3.44. The van der Waals surface area contributed by atoms with Gasteiger partial charge >= 0.3 is 5.97 Å². The summed E-state index contributed by atoms with van der Waals surface area (Å²) < 4.78 is 4.64. The molecule has 0 aromatic carbocycles. The number of hydrogen-bond acceptors (Lipinski definition) is 5. The number of amides is 1. The molecule has 0 atom stereocenters. The van der Waals surface area contributed by atoms with E-state index >= 15 is 0 Å². The van der Waals surface area contributed by atoms with E-state index in [1.807, 2.05) is 4.90 Å². The lowest BCUT2D eigenvalue weighted by atomic mass is 10.0. The van der Waals surface area contributed by atoms with Gasteiger partial charge in [0.15, 0.2) is 0 Å². The molecule has 32 heavy (non-hydrogen) atoms. The molecule has 0 saturated heterocycles. The number of esters is 1. The highest BCUT2D eigenvalue weighted by Gasteiger charge is 2.09. The summed E-state index contributed by atoms with van der Waals surface area (Å²) in [4.78, 5) is 25.2. The van der Waals surface area contributed by atoms with Gasteiger partial charge in [0.25, 0.3) is 0 Å². The van der Waals surface area contributed by atoms with Gasteiger partial charge in [-0.05, 0) is 6.42 Å². The van der Waals surface area contributed by atoms with Crippen molar-refractivity contribution in [2.75, 3.05) is 39.9 Å². The third-order valence-electron chi connectivity index (χ3n) is 6.03. The largest absolute Gasteiger partial charge is 0.469 e. The molecule has 0 fully saturated rings. The third-order valence-corrected chi connectivity index (χ3v) is 6.03. The number of nitrogens with one attached hydrogen (secondary N) is 1. The molecule has 0 spiro atoms. The standard InChI is InChI=1S/C26H52N2O4/c1-3-4-5-6-7-8-9-10-11-12-13-14-15-16-17-18-25(30)27-20-22-28(23-24-29)21-19-26(31)32-2/h29H,3-24H2,1-2H3,(H,27,30). The highest BCUT2D eigenvalue weighted by molar-refractivity contribution is 5.75. The summed E-state index contributed by atoms with van der Waals surface area (Å²) in [5, 5.41) is 12.1. The van der Waals surface area contributed by atoms with Crippen LogP contribution in [0.15, 0.2) is 0 Å². The van der Waals surface area contributed by atoms with Crippen molar-refractivity contribution in [1.82, 2.24) is 10.2 Å². The number of aliphatic hydroxyl groups excluding tert-OH is 1. The first-order valence-electron chi connectivity index (χ1n) is 13.3. The summed E-state index contributed by atoms with van der Waals surface area (Å²) in [7, 11) is 1.37. The Morgan fingerprint density at radius 1 is 0.719 bits per heavy atom. The highest BCUT2D eigenvalue weighted by atomic mass is 16.5. The van der Waals surface area contributed by atoms with E-state index in [-0.39, 0.29) is 18.5 Å². The van der Waals surface area contributed by atoms with Gasteiger partial charge < -0.3 is 15.2 Å². The van der Waals surface area contributed by atoms with E-state index in [4.69, 9.17) is 5.11 Å². The van der Waals surface area contributed by atoms with Gasteiger partial charge in [0, 0.05) is 32.6 Å². The molecule has 0 aliphatic carbocycles. The van der Waals surface area contributed by atoms with E-state index in [0.717, 1.165) is 12.8 Å². The second kappa shape index (κ2) is 24.5. The van der Waals surface area contributed by atoms with Crippen LogP contribution in [0, 0.1) is 0 Å². The lowest BCUT2D eigenvalue weighted by molar-refractivity contribution is -0.141. The van der Waals surface area contributed by atoms with Crippen molar-refractivity contribution in [2.45, 2.75) is 116 Å². The van der Waals surface area contributed by atoms with Crippen LogP contribution < -0.4 is 5.32 Å². The summed E-state index contributed by atoms with van der Waals surface area (Å²) >= 11 is 0. The third kappa shape index (κ3) is 22.1. The monoisotopic (exact) mass is 456 g/mol. The summed E-state index contributed by atoms with van der Waals surface area (Å²) in [5.41, 5.74) is 0. The van der Waals surface area contributed by atoms with Gasteiger partial charge in [-0.25, -0.2) is 0 Å². The van der Waals surface area contributed by atoms with Gasteiger partial charge in [0.1, 0.15) is 0 Å². The zero-order chi connectivity index (χ0) is 23.7. The van der Waals surface area contributed by atoms with Crippen molar-refractivity contribution in [3.8, 4) is 0 Å². The number of hydrogen-bond donors (Lipinski definition) is 2. The Morgan fingerprint density at radius 3 is 1.69 bits per heavy atom. The number of nitrogens with zero attached hydrogens (tertiary/aromatic N) is 1. The van der Waals surface area contributed by atoms with E-state index in [1.165, 1.54) is 90.6 Å². The quantitative estimate of drug-likeness (QED) is 0.154. The molecule has 0 radical (unpaired) electrons. The topological polar surface area (TPSA) is 78.9 Å². The van der Waals surface area contributed by atoms with Crippen LogP contribution in [0.3, 0.4) is 0 Å². The molecule has 0 rings (SSSR count). The maximum Gasteiger partial charge on any atom is 0.306 e. The molecule has 0 unspecified atom stereocenters. The summed E-state index contributed by atoms with van der Waals surface area (Å²) in [6.07, 6.45) is 20.7. The number of methoxy groups -OCH3 is 1. The molecule has 190 valence electrons. The van der Waals surface area contributed by atoms with Crippen LogP contribution in [-0.2, 0) is 14.3 Å². The van der Waals surface area contributed by atoms with Gasteiger partial charge in [-0.15, -0.1) is 0 Å². The number of carbonyl (C=O) groups excluding carboxylic acids is 2. The zero-order valence-corrected chi connectivity index (χ0v) is 21.2. The van der Waals surface area contributed by atoms with Crippen LogP contribution in [0.5, 0.6) is 0 Å². The van der Waals surface area contributed by atoms with E-state index < -0.39 is 0 Å². The fourth-order valence-corrected chi connectivity index (χ4v) is 3.93. The predicted octanol–water partition coefficient (Wildman–Crippen LogP) is 5.22. The van der Waals surface area contributed by atoms with E-state index in [1.54, 1.807) is 0 Å². The Labute approximate surface area is 197 Å². The molecule has 0 heterocycles. The van der Waals surface area contributed by atoms with Gasteiger partial charge in [0.05, 0.1) is 20.1 Å². The van der Waals surface area contributed by atoms with Crippen LogP contribution in [0.2, 0.25) is 0 Å². The van der Waals surface area contributed by atoms with Crippen LogP contribution in [-0.4, -0.2) is 61.8 Å². The van der Waals surface area contributed by atoms with Crippen LogP contribution in [0.25, 0.3) is 0 Å². The van der Waals surface area contributed by atoms with Crippen molar-refractivity contribution in [3.63, 3.8) is 0 Å². The predicted molar refractivity (Wildman–Crippen MR) is 133 cm³/mol. The number of rotatable bonds is 24. The summed E-state index contributed by atoms with van der Waals surface area (Å²) in [6, 6.07) is 0. The number of aliphatic hydroxyl groups is 1. The molecular weight excluding hydrogens is 404 g/mol. The minimum absolute atomic E-state index is 0.0360.